The van der Waals surface area contributed by atoms with Crippen molar-refractivity contribution >= 4 is 0 Å². The summed E-state index contributed by atoms with van der Waals surface area (Å²) in [6.07, 6.45) is 5.42. The van der Waals surface area contributed by atoms with E-state index in [4.69, 9.17) is 4.74 Å². The van der Waals surface area contributed by atoms with Crippen molar-refractivity contribution in [3.63, 3.8) is 0 Å². The van der Waals surface area contributed by atoms with Gasteiger partial charge < -0.3 is 14.6 Å². The van der Waals surface area contributed by atoms with Gasteiger partial charge in [-0.3, -0.25) is 0 Å². The van der Waals surface area contributed by atoms with Crippen LogP contribution in [0.25, 0.3) is 0 Å². The van der Waals surface area contributed by atoms with Crippen LogP contribution in [0.5, 0.6) is 5.75 Å². The van der Waals surface area contributed by atoms with Crippen molar-refractivity contribution in [3.8, 4) is 5.75 Å². The SMILES string of the molecule is CCC(NC)c1ccn(Cc2ccccc2OC)c1. The Bertz CT molecular complexity index is 515. The van der Waals surface area contributed by atoms with E-state index in [2.05, 4.69) is 41.3 Å². The summed E-state index contributed by atoms with van der Waals surface area (Å²) >= 11 is 0. The lowest BCUT2D eigenvalue weighted by atomic mass is 10.1. The maximum Gasteiger partial charge on any atom is 0.123 e. The van der Waals surface area contributed by atoms with Gasteiger partial charge in [0, 0.05) is 24.0 Å². The summed E-state index contributed by atoms with van der Waals surface area (Å²) in [7, 11) is 3.72. The molecule has 3 heteroatoms. The third-order valence-corrected chi connectivity index (χ3v) is 3.48. The number of ether oxygens (including phenoxy) is 1. The quantitative estimate of drug-likeness (QED) is 0.861. The number of para-hydroxylation sites is 1. The maximum absolute atomic E-state index is 5.39. The van der Waals surface area contributed by atoms with Crippen LogP contribution >= 0.6 is 0 Å². The first-order chi connectivity index (χ1) is 9.28. The lowest BCUT2D eigenvalue weighted by Gasteiger charge is -2.12. The first-order valence-electron chi connectivity index (χ1n) is 6.73. The first-order valence-corrected chi connectivity index (χ1v) is 6.73. The van der Waals surface area contributed by atoms with Gasteiger partial charge in [-0.15, -0.1) is 0 Å². The normalized spacial score (nSPS) is 12.4. The molecule has 0 saturated heterocycles. The Hall–Kier alpha value is -1.74. The second-order valence-corrected chi connectivity index (χ2v) is 4.68. The van der Waals surface area contributed by atoms with Gasteiger partial charge in [0.25, 0.3) is 0 Å². The number of rotatable bonds is 6. The fourth-order valence-electron chi connectivity index (χ4n) is 2.40. The smallest absolute Gasteiger partial charge is 0.123 e. The Kier molecular flexibility index (Phi) is 4.63. The van der Waals surface area contributed by atoms with Crippen molar-refractivity contribution in [2.24, 2.45) is 0 Å². The van der Waals surface area contributed by atoms with E-state index >= 15 is 0 Å². The molecule has 0 spiro atoms. The molecule has 0 saturated carbocycles. The number of hydrogen-bond donors (Lipinski definition) is 1. The summed E-state index contributed by atoms with van der Waals surface area (Å²) in [6.45, 7) is 3.03. The standard InChI is InChI=1S/C16H22N2O/c1-4-15(17-2)13-9-10-18(11-13)12-14-7-5-6-8-16(14)19-3/h5-11,15,17H,4,12H2,1-3H3. The molecule has 1 heterocycles. The molecule has 0 aliphatic carbocycles. The van der Waals surface area contributed by atoms with Gasteiger partial charge in [-0.1, -0.05) is 25.1 Å². The van der Waals surface area contributed by atoms with Crippen LogP contribution in [0.4, 0.5) is 0 Å². The van der Waals surface area contributed by atoms with Crippen LogP contribution in [0.3, 0.4) is 0 Å². The second kappa shape index (κ2) is 6.43. The molecule has 19 heavy (non-hydrogen) atoms. The molecule has 0 amide bonds. The molecule has 0 fully saturated rings. The molecular weight excluding hydrogens is 236 g/mol. The van der Waals surface area contributed by atoms with E-state index in [1.807, 2.05) is 25.2 Å². The van der Waals surface area contributed by atoms with Crippen LogP contribution < -0.4 is 10.1 Å². The summed E-state index contributed by atoms with van der Waals surface area (Å²) in [6, 6.07) is 10.8. The average molecular weight is 258 g/mol. The van der Waals surface area contributed by atoms with E-state index in [1.165, 1.54) is 11.1 Å². The highest BCUT2D eigenvalue weighted by molar-refractivity contribution is 5.33. The van der Waals surface area contributed by atoms with Crippen LogP contribution in [0.15, 0.2) is 42.7 Å². The van der Waals surface area contributed by atoms with Crippen LogP contribution in [0, 0.1) is 0 Å². The minimum atomic E-state index is 0.430. The first kappa shape index (κ1) is 13.7. The van der Waals surface area contributed by atoms with Gasteiger partial charge in [0.2, 0.25) is 0 Å². The number of nitrogens with zero attached hydrogens (tertiary/aromatic N) is 1. The fourth-order valence-corrected chi connectivity index (χ4v) is 2.40. The van der Waals surface area contributed by atoms with Crippen molar-refractivity contribution in [2.75, 3.05) is 14.2 Å². The van der Waals surface area contributed by atoms with Crippen LogP contribution in [-0.2, 0) is 6.54 Å². The Balaban J connectivity index is 2.15. The van der Waals surface area contributed by atoms with Gasteiger partial charge in [-0.25, -0.2) is 0 Å². The predicted molar refractivity (Wildman–Crippen MR) is 78.6 cm³/mol. The van der Waals surface area contributed by atoms with Crippen LogP contribution in [0.2, 0.25) is 0 Å². The molecule has 1 aromatic heterocycles. The number of hydrogen-bond acceptors (Lipinski definition) is 2. The van der Waals surface area contributed by atoms with Gasteiger partial charge >= 0.3 is 0 Å². The largest absolute Gasteiger partial charge is 0.496 e. The van der Waals surface area contributed by atoms with Gasteiger partial charge in [-0.05, 0) is 31.2 Å². The molecule has 2 rings (SSSR count). The van der Waals surface area contributed by atoms with Gasteiger partial charge in [0.05, 0.1) is 13.7 Å². The molecule has 1 atom stereocenters. The minimum absolute atomic E-state index is 0.430. The zero-order chi connectivity index (χ0) is 13.7. The average Bonchev–Trinajstić information content (AvgIpc) is 2.89. The van der Waals surface area contributed by atoms with Crippen molar-refractivity contribution in [1.82, 2.24) is 9.88 Å². The van der Waals surface area contributed by atoms with E-state index in [-0.39, 0.29) is 0 Å². The van der Waals surface area contributed by atoms with E-state index < -0.39 is 0 Å². The molecule has 1 aromatic carbocycles. The molecule has 1 N–H and O–H groups in total. The maximum atomic E-state index is 5.39. The van der Waals surface area contributed by atoms with Gasteiger partial charge in [-0.2, -0.15) is 0 Å². The van der Waals surface area contributed by atoms with E-state index in [1.54, 1.807) is 7.11 Å². The van der Waals surface area contributed by atoms with Gasteiger partial charge in [0.15, 0.2) is 0 Å². The molecule has 0 aliphatic heterocycles. The molecule has 3 nitrogen and oxygen atoms in total. The Morgan fingerprint density at radius 3 is 2.74 bits per heavy atom. The number of aromatic nitrogens is 1. The summed E-state index contributed by atoms with van der Waals surface area (Å²) < 4.78 is 7.59. The van der Waals surface area contributed by atoms with Gasteiger partial charge in [0.1, 0.15) is 5.75 Å². The summed E-state index contributed by atoms with van der Waals surface area (Å²) in [5.41, 5.74) is 2.53. The molecule has 0 aliphatic rings. The monoisotopic (exact) mass is 258 g/mol. The summed E-state index contributed by atoms with van der Waals surface area (Å²) in [5.74, 6) is 0.943. The molecule has 1 unspecified atom stereocenters. The summed E-state index contributed by atoms with van der Waals surface area (Å²) in [5, 5.41) is 3.33. The second-order valence-electron chi connectivity index (χ2n) is 4.68. The molecule has 102 valence electrons. The topological polar surface area (TPSA) is 26.2 Å². The zero-order valence-corrected chi connectivity index (χ0v) is 11.9. The van der Waals surface area contributed by atoms with E-state index in [0.717, 1.165) is 18.7 Å². The van der Waals surface area contributed by atoms with Crippen molar-refractivity contribution in [2.45, 2.75) is 25.9 Å². The minimum Gasteiger partial charge on any atom is -0.496 e. The zero-order valence-electron chi connectivity index (χ0n) is 11.9. The highest BCUT2D eigenvalue weighted by Crippen LogP contribution is 2.21. The molecular formula is C16H22N2O. The Labute approximate surface area is 115 Å². The lowest BCUT2D eigenvalue weighted by molar-refractivity contribution is 0.408. The number of methoxy groups -OCH3 is 1. The third kappa shape index (κ3) is 3.18. The summed E-state index contributed by atoms with van der Waals surface area (Å²) in [4.78, 5) is 0. The molecule has 0 bridgehead atoms. The highest BCUT2D eigenvalue weighted by atomic mass is 16.5. The predicted octanol–water partition coefficient (Wildman–Crippen LogP) is 3.22. The Morgan fingerprint density at radius 1 is 1.26 bits per heavy atom. The van der Waals surface area contributed by atoms with Crippen LogP contribution in [0.1, 0.15) is 30.5 Å². The highest BCUT2D eigenvalue weighted by Gasteiger charge is 2.09. The number of nitrogens with one attached hydrogen (secondary N) is 1. The van der Waals surface area contributed by atoms with E-state index in [0.29, 0.717) is 6.04 Å². The molecule has 0 radical (unpaired) electrons. The fraction of sp³-hybridized carbons (Fsp3) is 0.375. The Morgan fingerprint density at radius 2 is 2.05 bits per heavy atom. The van der Waals surface area contributed by atoms with Crippen LogP contribution in [-0.4, -0.2) is 18.7 Å². The molecule has 2 aromatic rings. The van der Waals surface area contributed by atoms with Crippen molar-refractivity contribution in [3.05, 3.63) is 53.9 Å². The van der Waals surface area contributed by atoms with Crippen molar-refractivity contribution in [1.29, 1.82) is 0 Å². The third-order valence-electron chi connectivity index (χ3n) is 3.48. The van der Waals surface area contributed by atoms with Crippen molar-refractivity contribution < 1.29 is 4.74 Å². The number of benzene rings is 1. The lowest BCUT2D eigenvalue weighted by Crippen LogP contribution is -2.14. The van der Waals surface area contributed by atoms with E-state index in [9.17, 15) is 0 Å².